The summed E-state index contributed by atoms with van der Waals surface area (Å²) in [6, 6.07) is 15.5. The lowest BCUT2D eigenvalue weighted by Gasteiger charge is -2.10. The minimum atomic E-state index is -0.0166. The van der Waals surface area contributed by atoms with Crippen molar-refractivity contribution >= 4 is 46.4 Å². The molecule has 1 heterocycles. The Morgan fingerprint density at radius 1 is 1.04 bits per heavy atom. The Labute approximate surface area is 163 Å². The van der Waals surface area contributed by atoms with E-state index in [2.05, 4.69) is 20.6 Å². The molecule has 27 heavy (non-hydrogen) atoms. The van der Waals surface area contributed by atoms with Gasteiger partial charge in [-0.1, -0.05) is 41.9 Å². The largest absolute Gasteiger partial charge is 0.370 e. The maximum Gasteiger partial charge on any atom is 0.185 e. The van der Waals surface area contributed by atoms with Gasteiger partial charge in [-0.25, -0.2) is 9.97 Å². The van der Waals surface area contributed by atoms with Crippen LogP contribution >= 0.6 is 11.6 Å². The number of para-hydroxylation sites is 1. The van der Waals surface area contributed by atoms with Crippen molar-refractivity contribution in [2.45, 2.75) is 6.42 Å². The minimum Gasteiger partial charge on any atom is -0.370 e. The van der Waals surface area contributed by atoms with Crippen molar-refractivity contribution in [1.82, 2.24) is 15.3 Å². The molecule has 0 unspecified atom stereocenters. The van der Waals surface area contributed by atoms with E-state index in [1.165, 1.54) is 0 Å². The van der Waals surface area contributed by atoms with Crippen LogP contribution < -0.4 is 16.4 Å². The predicted octanol–water partition coefficient (Wildman–Crippen LogP) is 3.74. The molecule has 5 N–H and O–H groups in total. The van der Waals surface area contributed by atoms with Crippen molar-refractivity contribution in [2.75, 3.05) is 18.4 Å². The molecule has 138 valence electrons. The number of hydrogen-bond donors (Lipinski definition) is 4. The van der Waals surface area contributed by atoms with Gasteiger partial charge in [0.15, 0.2) is 11.8 Å². The first-order valence-electron chi connectivity index (χ1n) is 8.64. The van der Waals surface area contributed by atoms with Crippen LogP contribution in [-0.4, -0.2) is 29.0 Å². The maximum atomic E-state index is 7.17. The van der Waals surface area contributed by atoms with Crippen LogP contribution in [0.2, 0.25) is 5.02 Å². The van der Waals surface area contributed by atoms with Crippen molar-refractivity contribution in [3.8, 4) is 0 Å². The second-order valence-corrected chi connectivity index (χ2v) is 6.39. The lowest BCUT2D eigenvalue weighted by atomic mass is 10.2. The number of nitrogens with one attached hydrogen (secondary N) is 3. The van der Waals surface area contributed by atoms with E-state index in [9.17, 15) is 0 Å². The Hall–Kier alpha value is -3.12. The summed E-state index contributed by atoms with van der Waals surface area (Å²) in [6.45, 7) is 1.34. The highest BCUT2D eigenvalue weighted by Crippen LogP contribution is 2.21. The van der Waals surface area contributed by atoms with E-state index in [4.69, 9.17) is 22.7 Å². The van der Waals surface area contributed by atoms with Crippen LogP contribution in [0.5, 0.6) is 0 Å². The van der Waals surface area contributed by atoms with Gasteiger partial charge in [-0.2, -0.15) is 0 Å². The number of rotatable bonds is 7. The Balaban J connectivity index is 1.77. The van der Waals surface area contributed by atoms with Crippen LogP contribution in [0.4, 0.5) is 5.82 Å². The van der Waals surface area contributed by atoms with Crippen molar-refractivity contribution in [3.63, 3.8) is 0 Å². The standard InChI is InChI=1S/C20H21ClN6/c21-15-9-6-14(7-10-15)8-11-18-26-17-5-2-1-4-16(17)19(27-18)24-12-3-13-25-20(22)23/h1-2,4-11H,3,12-13H2,(H4,22,23,25)(H,24,26,27). The van der Waals surface area contributed by atoms with Crippen LogP contribution in [0.15, 0.2) is 48.5 Å². The number of fused-ring (bicyclic) bond motifs is 1. The average Bonchev–Trinajstić information content (AvgIpc) is 2.67. The van der Waals surface area contributed by atoms with Gasteiger partial charge in [0.1, 0.15) is 5.82 Å². The molecule has 0 amide bonds. The number of anilines is 1. The third-order valence-corrected chi connectivity index (χ3v) is 4.13. The number of nitrogens with two attached hydrogens (primary N) is 1. The summed E-state index contributed by atoms with van der Waals surface area (Å²) >= 11 is 5.92. The molecule has 1 aromatic heterocycles. The van der Waals surface area contributed by atoms with Crippen LogP contribution in [-0.2, 0) is 0 Å². The van der Waals surface area contributed by atoms with Gasteiger partial charge >= 0.3 is 0 Å². The van der Waals surface area contributed by atoms with E-state index in [1.54, 1.807) is 0 Å². The lowest BCUT2D eigenvalue weighted by molar-refractivity contribution is 0.795. The Morgan fingerprint density at radius 2 is 1.81 bits per heavy atom. The molecule has 0 saturated heterocycles. The monoisotopic (exact) mass is 380 g/mol. The fraction of sp³-hybridized carbons (Fsp3) is 0.150. The van der Waals surface area contributed by atoms with Crippen LogP contribution in [0, 0.1) is 5.41 Å². The van der Waals surface area contributed by atoms with Gasteiger partial charge in [0.25, 0.3) is 0 Å². The van der Waals surface area contributed by atoms with Gasteiger partial charge in [-0.05, 0) is 42.3 Å². The third kappa shape index (κ3) is 5.43. The molecule has 3 aromatic rings. The molecule has 0 aliphatic carbocycles. The van der Waals surface area contributed by atoms with E-state index in [1.807, 2.05) is 60.7 Å². The first kappa shape index (κ1) is 18.7. The summed E-state index contributed by atoms with van der Waals surface area (Å²) in [6.07, 6.45) is 4.66. The van der Waals surface area contributed by atoms with Gasteiger partial charge in [-0.15, -0.1) is 0 Å². The van der Waals surface area contributed by atoms with Crippen molar-refractivity contribution in [3.05, 3.63) is 64.9 Å². The smallest absolute Gasteiger partial charge is 0.185 e. The zero-order valence-corrected chi connectivity index (χ0v) is 15.5. The second kappa shape index (κ2) is 9.00. The molecule has 0 atom stereocenters. The first-order valence-corrected chi connectivity index (χ1v) is 9.02. The Morgan fingerprint density at radius 3 is 2.59 bits per heavy atom. The van der Waals surface area contributed by atoms with Gasteiger partial charge in [0, 0.05) is 23.5 Å². The summed E-state index contributed by atoms with van der Waals surface area (Å²) in [5.74, 6) is 1.41. The second-order valence-electron chi connectivity index (χ2n) is 5.95. The molecular formula is C20H21ClN6. The van der Waals surface area contributed by atoms with E-state index in [-0.39, 0.29) is 5.96 Å². The van der Waals surface area contributed by atoms with Gasteiger partial charge in [-0.3, -0.25) is 5.41 Å². The third-order valence-electron chi connectivity index (χ3n) is 3.88. The summed E-state index contributed by atoms with van der Waals surface area (Å²) in [5.41, 5.74) is 7.20. The first-order chi connectivity index (χ1) is 13.1. The number of nitrogens with zero attached hydrogens (tertiary/aromatic N) is 2. The fourth-order valence-electron chi connectivity index (χ4n) is 2.57. The molecule has 7 heteroatoms. The molecule has 6 nitrogen and oxygen atoms in total. The molecular weight excluding hydrogens is 360 g/mol. The van der Waals surface area contributed by atoms with E-state index < -0.39 is 0 Å². The van der Waals surface area contributed by atoms with Crippen LogP contribution in [0.25, 0.3) is 23.1 Å². The number of guanidine groups is 1. The lowest BCUT2D eigenvalue weighted by Crippen LogP contribution is -2.31. The zero-order chi connectivity index (χ0) is 19.1. The zero-order valence-electron chi connectivity index (χ0n) is 14.7. The molecule has 0 bridgehead atoms. The topological polar surface area (TPSA) is 99.7 Å². The molecule has 3 rings (SSSR count). The highest BCUT2D eigenvalue weighted by Gasteiger charge is 2.05. The highest BCUT2D eigenvalue weighted by atomic mass is 35.5. The minimum absolute atomic E-state index is 0.0166. The Bertz CT molecular complexity index is 952. The van der Waals surface area contributed by atoms with Crippen molar-refractivity contribution < 1.29 is 0 Å². The number of hydrogen-bond acceptors (Lipinski definition) is 4. The predicted molar refractivity (Wildman–Crippen MR) is 113 cm³/mol. The van der Waals surface area contributed by atoms with Crippen LogP contribution in [0.1, 0.15) is 17.8 Å². The summed E-state index contributed by atoms with van der Waals surface area (Å²) < 4.78 is 0. The molecule has 2 aromatic carbocycles. The van der Waals surface area contributed by atoms with E-state index >= 15 is 0 Å². The molecule has 0 fully saturated rings. The number of benzene rings is 2. The summed E-state index contributed by atoms with van der Waals surface area (Å²) in [5, 5.41) is 15.0. The molecule has 0 aliphatic heterocycles. The van der Waals surface area contributed by atoms with Crippen molar-refractivity contribution in [2.24, 2.45) is 5.73 Å². The molecule has 0 aliphatic rings. The van der Waals surface area contributed by atoms with Gasteiger partial charge in [0.05, 0.1) is 5.52 Å². The molecule has 0 radical (unpaired) electrons. The number of halogens is 1. The average molecular weight is 381 g/mol. The highest BCUT2D eigenvalue weighted by molar-refractivity contribution is 6.30. The van der Waals surface area contributed by atoms with Gasteiger partial charge < -0.3 is 16.4 Å². The maximum absolute atomic E-state index is 7.17. The number of aromatic nitrogens is 2. The fourth-order valence-corrected chi connectivity index (χ4v) is 2.69. The van der Waals surface area contributed by atoms with E-state index in [0.29, 0.717) is 23.9 Å². The van der Waals surface area contributed by atoms with E-state index in [0.717, 1.165) is 28.7 Å². The van der Waals surface area contributed by atoms with Crippen LogP contribution in [0.3, 0.4) is 0 Å². The summed E-state index contributed by atoms with van der Waals surface area (Å²) in [4.78, 5) is 9.26. The normalized spacial score (nSPS) is 11.0. The quantitative estimate of drug-likeness (QED) is 0.284. The molecule has 0 spiro atoms. The summed E-state index contributed by atoms with van der Waals surface area (Å²) in [7, 11) is 0. The van der Waals surface area contributed by atoms with Crippen molar-refractivity contribution in [1.29, 1.82) is 5.41 Å². The molecule has 0 saturated carbocycles. The van der Waals surface area contributed by atoms with Gasteiger partial charge in [0.2, 0.25) is 0 Å². The SMILES string of the molecule is N=C(N)NCCCNc1nc(C=Cc2ccc(Cl)cc2)nc2ccccc12. The Kier molecular flexibility index (Phi) is 6.22.